The minimum atomic E-state index is 0.549. The Balaban J connectivity index is 1.81. The second-order valence-corrected chi connectivity index (χ2v) is 5.61. The highest BCUT2D eigenvalue weighted by atomic mass is 32.2. The molecule has 84 valence electrons. The Morgan fingerprint density at radius 2 is 2.27 bits per heavy atom. The summed E-state index contributed by atoms with van der Waals surface area (Å²) in [7, 11) is 2.01. The van der Waals surface area contributed by atoms with Gasteiger partial charge in [-0.15, -0.1) is 10.2 Å². The van der Waals surface area contributed by atoms with Crippen molar-refractivity contribution >= 4 is 11.8 Å². The summed E-state index contributed by atoms with van der Waals surface area (Å²) in [4.78, 5) is 0. The Morgan fingerprint density at radius 3 is 2.80 bits per heavy atom. The van der Waals surface area contributed by atoms with Crippen molar-refractivity contribution in [2.45, 2.75) is 43.1 Å². The molecule has 1 N–H and O–H groups in total. The van der Waals surface area contributed by atoms with Crippen LogP contribution in [0.4, 0.5) is 0 Å². The van der Waals surface area contributed by atoms with Crippen molar-refractivity contribution in [3.63, 3.8) is 0 Å². The van der Waals surface area contributed by atoms with Crippen LogP contribution >= 0.6 is 11.8 Å². The van der Waals surface area contributed by atoms with E-state index < -0.39 is 0 Å². The van der Waals surface area contributed by atoms with Crippen LogP contribution in [0.25, 0.3) is 0 Å². The molecule has 0 spiro atoms. The van der Waals surface area contributed by atoms with E-state index >= 15 is 0 Å². The number of nitrogens with zero attached hydrogens (tertiary/aromatic N) is 3. The zero-order valence-electron chi connectivity index (χ0n) is 9.53. The molecule has 15 heavy (non-hydrogen) atoms. The van der Waals surface area contributed by atoms with Crippen molar-refractivity contribution in [2.24, 2.45) is 7.05 Å². The molecule has 0 saturated heterocycles. The van der Waals surface area contributed by atoms with Crippen molar-refractivity contribution < 1.29 is 0 Å². The van der Waals surface area contributed by atoms with Gasteiger partial charge in [0.15, 0.2) is 5.16 Å². The minimum Gasteiger partial charge on any atom is -0.313 e. The predicted octanol–water partition coefficient (Wildman–Crippen LogP) is 1.36. The van der Waals surface area contributed by atoms with Gasteiger partial charge in [-0.2, -0.15) is 0 Å². The van der Waals surface area contributed by atoms with Gasteiger partial charge >= 0.3 is 0 Å². The van der Waals surface area contributed by atoms with Crippen molar-refractivity contribution in [3.8, 4) is 0 Å². The fraction of sp³-hybridized carbons (Fsp3) is 0.800. The quantitative estimate of drug-likeness (QED) is 0.770. The van der Waals surface area contributed by atoms with Crippen LogP contribution in [0.3, 0.4) is 0 Å². The summed E-state index contributed by atoms with van der Waals surface area (Å²) < 4.78 is 2.04. The molecule has 0 aromatic carbocycles. The maximum atomic E-state index is 4.15. The van der Waals surface area contributed by atoms with E-state index in [-0.39, 0.29) is 0 Å². The third-order valence-electron chi connectivity index (χ3n) is 2.63. The van der Waals surface area contributed by atoms with Crippen molar-refractivity contribution in [1.29, 1.82) is 0 Å². The Morgan fingerprint density at radius 1 is 1.53 bits per heavy atom. The lowest BCUT2D eigenvalue weighted by Crippen LogP contribution is -2.24. The first-order chi connectivity index (χ1) is 7.16. The highest BCUT2D eigenvalue weighted by molar-refractivity contribution is 7.99. The van der Waals surface area contributed by atoms with Gasteiger partial charge in [-0.25, -0.2) is 0 Å². The second-order valence-electron chi connectivity index (χ2n) is 4.20. The molecule has 5 heteroatoms. The number of aryl methyl sites for hydroxylation is 1. The number of nitrogens with one attached hydrogen (secondary N) is 1. The lowest BCUT2D eigenvalue weighted by molar-refractivity contribution is 0.675. The van der Waals surface area contributed by atoms with Crippen LogP contribution in [0.2, 0.25) is 0 Å². The predicted molar refractivity (Wildman–Crippen MR) is 62.1 cm³/mol. The largest absolute Gasteiger partial charge is 0.313 e. The van der Waals surface area contributed by atoms with Crippen molar-refractivity contribution in [2.75, 3.05) is 6.54 Å². The van der Waals surface area contributed by atoms with Gasteiger partial charge in [-0.1, -0.05) is 18.7 Å². The molecule has 1 aliphatic carbocycles. The molecule has 1 atom stereocenters. The first-order valence-electron chi connectivity index (χ1n) is 5.43. The minimum absolute atomic E-state index is 0.549. The molecule has 1 unspecified atom stereocenters. The summed E-state index contributed by atoms with van der Waals surface area (Å²) >= 11 is 1.79. The van der Waals surface area contributed by atoms with Crippen LogP contribution in [-0.2, 0) is 7.05 Å². The smallest absolute Gasteiger partial charge is 0.191 e. The van der Waals surface area contributed by atoms with Gasteiger partial charge in [0, 0.05) is 24.9 Å². The van der Waals surface area contributed by atoms with Gasteiger partial charge < -0.3 is 9.88 Å². The molecule has 4 nitrogen and oxygen atoms in total. The van der Waals surface area contributed by atoms with E-state index in [1.54, 1.807) is 11.8 Å². The van der Waals surface area contributed by atoms with Crippen LogP contribution in [0, 0.1) is 6.92 Å². The summed E-state index contributed by atoms with van der Waals surface area (Å²) in [5, 5.41) is 13.3. The molecular weight excluding hydrogens is 208 g/mol. The summed E-state index contributed by atoms with van der Waals surface area (Å²) in [6.07, 6.45) is 2.70. The topological polar surface area (TPSA) is 42.7 Å². The number of thioether (sulfide) groups is 1. The third-order valence-corrected chi connectivity index (χ3v) is 3.77. The van der Waals surface area contributed by atoms with E-state index in [2.05, 4.69) is 22.4 Å². The lowest BCUT2D eigenvalue weighted by Gasteiger charge is -2.10. The number of hydrogen-bond donors (Lipinski definition) is 1. The fourth-order valence-electron chi connectivity index (χ4n) is 1.33. The van der Waals surface area contributed by atoms with Gasteiger partial charge in [0.25, 0.3) is 0 Å². The zero-order chi connectivity index (χ0) is 10.8. The molecular formula is C10H18N4S. The monoisotopic (exact) mass is 226 g/mol. The maximum absolute atomic E-state index is 4.15. The highest BCUT2D eigenvalue weighted by Crippen LogP contribution is 2.23. The van der Waals surface area contributed by atoms with E-state index in [1.807, 2.05) is 18.5 Å². The average molecular weight is 226 g/mol. The van der Waals surface area contributed by atoms with Crippen LogP contribution in [0.5, 0.6) is 0 Å². The first kappa shape index (κ1) is 11.0. The molecule has 0 aliphatic heterocycles. The molecule has 1 saturated carbocycles. The van der Waals surface area contributed by atoms with Gasteiger partial charge in [-0.05, 0) is 19.8 Å². The Labute approximate surface area is 94.8 Å². The summed E-state index contributed by atoms with van der Waals surface area (Å²) in [5.41, 5.74) is 0. The third kappa shape index (κ3) is 2.95. The van der Waals surface area contributed by atoms with Crippen LogP contribution in [-0.4, -0.2) is 32.6 Å². The van der Waals surface area contributed by atoms with Crippen LogP contribution in [0.1, 0.15) is 25.6 Å². The standard InChI is InChI=1S/C10H18N4S/c1-7(6-11-9-4-5-9)15-10-13-12-8(2)14(10)3/h7,9,11H,4-6H2,1-3H3. The van der Waals surface area contributed by atoms with Gasteiger partial charge in [0.05, 0.1) is 0 Å². The first-order valence-corrected chi connectivity index (χ1v) is 6.31. The normalized spacial score (nSPS) is 18.1. The summed E-state index contributed by atoms with van der Waals surface area (Å²) in [5.74, 6) is 0.972. The summed E-state index contributed by atoms with van der Waals surface area (Å²) in [6, 6.07) is 0.786. The van der Waals surface area contributed by atoms with Gasteiger partial charge in [0.2, 0.25) is 0 Å². The van der Waals surface area contributed by atoms with Gasteiger partial charge in [0.1, 0.15) is 5.82 Å². The van der Waals surface area contributed by atoms with E-state index in [4.69, 9.17) is 0 Å². The Kier molecular flexibility index (Phi) is 3.31. The Hall–Kier alpha value is -0.550. The molecule has 1 fully saturated rings. The molecule has 0 amide bonds. The molecule has 2 rings (SSSR count). The van der Waals surface area contributed by atoms with E-state index in [0.717, 1.165) is 23.6 Å². The van der Waals surface area contributed by atoms with Crippen LogP contribution in [0.15, 0.2) is 5.16 Å². The fourth-order valence-corrected chi connectivity index (χ4v) is 2.25. The Bertz CT molecular complexity index is 332. The van der Waals surface area contributed by atoms with Crippen LogP contribution < -0.4 is 5.32 Å². The van der Waals surface area contributed by atoms with E-state index in [1.165, 1.54) is 12.8 Å². The van der Waals surface area contributed by atoms with Gasteiger partial charge in [-0.3, -0.25) is 0 Å². The van der Waals surface area contributed by atoms with E-state index in [9.17, 15) is 0 Å². The maximum Gasteiger partial charge on any atom is 0.191 e. The zero-order valence-corrected chi connectivity index (χ0v) is 10.3. The molecule has 1 aliphatic rings. The SMILES string of the molecule is Cc1nnc(SC(C)CNC2CC2)n1C. The molecule has 1 heterocycles. The second kappa shape index (κ2) is 4.53. The molecule has 1 aromatic heterocycles. The average Bonchev–Trinajstić information content (AvgIpc) is 2.98. The molecule has 0 bridgehead atoms. The van der Waals surface area contributed by atoms with Crippen molar-refractivity contribution in [3.05, 3.63) is 5.82 Å². The van der Waals surface area contributed by atoms with E-state index in [0.29, 0.717) is 5.25 Å². The molecule has 0 radical (unpaired) electrons. The summed E-state index contributed by atoms with van der Waals surface area (Å²) in [6.45, 7) is 5.26. The number of aromatic nitrogens is 3. The highest BCUT2D eigenvalue weighted by Gasteiger charge is 2.21. The number of rotatable bonds is 5. The lowest BCUT2D eigenvalue weighted by atomic mass is 10.4. The van der Waals surface area contributed by atoms with Crippen molar-refractivity contribution in [1.82, 2.24) is 20.1 Å². The molecule has 1 aromatic rings. The number of hydrogen-bond acceptors (Lipinski definition) is 4.